The molecule has 0 aromatic heterocycles. The maximum atomic E-state index is 3.96. The van der Waals surface area contributed by atoms with E-state index in [0.29, 0.717) is 0 Å². The minimum absolute atomic E-state index is 0.798. The van der Waals surface area contributed by atoms with Crippen LogP contribution in [0.1, 0.15) is 64.2 Å². The van der Waals surface area contributed by atoms with Crippen molar-refractivity contribution in [2.24, 2.45) is 23.2 Å². The molecule has 0 spiro atoms. The largest absolute Gasteiger partial charge is 0.313 e. The van der Waals surface area contributed by atoms with Gasteiger partial charge in [-0.05, 0) is 74.5 Å². The summed E-state index contributed by atoms with van der Waals surface area (Å²) >= 11 is 0. The second-order valence-corrected chi connectivity index (χ2v) is 7.48. The Labute approximate surface area is 106 Å². The highest BCUT2D eigenvalue weighted by Crippen LogP contribution is 2.61. The molecule has 0 bridgehead atoms. The molecule has 0 amide bonds. The zero-order chi connectivity index (χ0) is 11.3. The van der Waals surface area contributed by atoms with E-state index in [1.165, 1.54) is 57.9 Å². The molecule has 1 N–H and O–H groups in total. The van der Waals surface area contributed by atoms with Gasteiger partial charge in [-0.2, -0.15) is 0 Å². The van der Waals surface area contributed by atoms with Crippen LogP contribution in [0.4, 0.5) is 0 Å². The quantitative estimate of drug-likeness (QED) is 0.763. The first-order chi connectivity index (χ1) is 8.36. The van der Waals surface area contributed by atoms with Crippen LogP contribution >= 0.6 is 0 Å². The minimum Gasteiger partial charge on any atom is -0.313 e. The van der Waals surface area contributed by atoms with Crippen LogP contribution in [-0.2, 0) is 0 Å². The van der Waals surface area contributed by atoms with Gasteiger partial charge in [0.15, 0.2) is 0 Å². The third kappa shape index (κ3) is 2.28. The van der Waals surface area contributed by atoms with Crippen molar-refractivity contribution < 1.29 is 0 Å². The number of hydrogen-bond donors (Lipinski definition) is 1. The van der Waals surface area contributed by atoms with Gasteiger partial charge < -0.3 is 5.32 Å². The van der Waals surface area contributed by atoms with Gasteiger partial charge in [-0.1, -0.05) is 12.8 Å². The highest BCUT2D eigenvalue weighted by molar-refractivity contribution is 5.05. The lowest BCUT2D eigenvalue weighted by Crippen LogP contribution is -2.38. The van der Waals surface area contributed by atoms with Crippen LogP contribution in [0, 0.1) is 23.2 Å². The van der Waals surface area contributed by atoms with E-state index in [1.807, 2.05) is 0 Å². The van der Waals surface area contributed by atoms with E-state index >= 15 is 0 Å². The molecular formula is C16H27N. The van der Waals surface area contributed by atoms with Crippen molar-refractivity contribution in [3.8, 4) is 0 Å². The van der Waals surface area contributed by atoms with Crippen LogP contribution in [0.15, 0.2) is 0 Å². The Hall–Kier alpha value is -0.0400. The Kier molecular flexibility index (Phi) is 2.54. The molecule has 1 nitrogen and oxygen atoms in total. The average molecular weight is 233 g/mol. The Balaban J connectivity index is 1.27. The lowest BCUT2D eigenvalue weighted by molar-refractivity contribution is 0.245. The molecule has 0 aliphatic heterocycles. The lowest BCUT2D eigenvalue weighted by atomic mass is 9.82. The van der Waals surface area contributed by atoms with E-state index in [4.69, 9.17) is 0 Å². The molecule has 1 heteroatoms. The molecule has 4 saturated carbocycles. The van der Waals surface area contributed by atoms with Crippen LogP contribution in [0.2, 0.25) is 0 Å². The summed E-state index contributed by atoms with van der Waals surface area (Å²) in [6.45, 7) is 1.36. The molecule has 4 aliphatic rings. The summed E-state index contributed by atoms with van der Waals surface area (Å²) in [7, 11) is 0. The highest BCUT2D eigenvalue weighted by atomic mass is 14.9. The molecule has 4 rings (SSSR count). The van der Waals surface area contributed by atoms with Gasteiger partial charge >= 0.3 is 0 Å². The second kappa shape index (κ2) is 3.98. The van der Waals surface area contributed by atoms with Crippen LogP contribution in [0.3, 0.4) is 0 Å². The Morgan fingerprint density at radius 2 is 1.71 bits per heavy atom. The monoisotopic (exact) mass is 233 g/mol. The van der Waals surface area contributed by atoms with Crippen molar-refractivity contribution in [2.45, 2.75) is 70.3 Å². The third-order valence-corrected chi connectivity index (χ3v) is 6.08. The minimum atomic E-state index is 0.798. The summed E-state index contributed by atoms with van der Waals surface area (Å²) in [6, 6.07) is 0.880. The molecule has 2 atom stereocenters. The van der Waals surface area contributed by atoms with E-state index in [0.717, 1.165) is 29.2 Å². The fourth-order valence-electron chi connectivity index (χ4n) is 4.34. The highest BCUT2D eigenvalue weighted by Gasteiger charge is 2.53. The SMILES string of the molecule is C1CC(NCC2(C3CC3)CC2)CC(C2CC2)C1. The van der Waals surface area contributed by atoms with Crippen molar-refractivity contribution in [1.82, 2.24) is 5.32 Å². The molecule has 96 valence electrons. The molecule has 0 aromatic rings. The van der Waals surface area contributed by atoms with Crippen molar-refractivity contribution >= 4 is 0 Å². The average Bonchev–Trinajstić information content (AvgIpc) is 3.22. The first kappa shape index (κ1) is 10.8. The molecular weight excluding hydrogens is 206 g/mol. The van der Waals surface area contributed by atoms with Crippen molar-refractivity contribution in [3.05, 3.63) is 0 Å². The van der Waals surface area contributed by atoms with Crippen molar-refractivity contribution in [2.75, 3.05) is 6.54 Å². The van der Waals surface area contributed by atoms with Gasteiger partial charge in [0.2, 0.25) is 0 Å². The fraction of sp³-hybridized carbons (Fsp3) is 1.00. The lowest BCUT2D eigenvalue weighted by Gasteiger charge is -2.31. The van der Waals surface area contributed by atoms with Gasteiger partial charge in [-0.15, -0.1) is 0 Å². The molecule has 0 saturated heterocycles. The summed E-state index contributed by atoms with van der Waals surface area (Å²) in [4.78, 5) is 0. The maximum absolute atomic E-state index is 3.96. The summed E-state index contributed by atoms with van der Waals surface area (Å²) < 4.78 is 0. The van der Waals surface area contributed by atoms with Gasteiger partial charge in [0.25, 0.3) is 0 Å². The van der Waals surface area contributed by atoms with Crippen molar-refractivity contribution in [3.63, 3.8) is 0 Å². The predicted molar refractivity (Wildman–Crippen MR) is 70.9 cm³/mol. The Bertz CT molecular complexity index is 286. The second-order valence-electron chi connectivity index (χ2n) is 7.48. The van der Waals surface area contributed by atoms with Crippen molar-refractivity contribution in [1.29, 1.82) is 0 Å². The van der Waals surface area contributed by atoms with E-state index in [9.17, 15) is 0 Å². The molecule has 0 heterocycles. The predicted octanol–water partition coefficient (Wildman–Crippen LogP) is 3.74. The van der Waals surface area contributed by atoms with Gasteiger partial charge in [-0.25, -0.2) is 0 Å². The zero-order valence-corrected chi connectivity index (χ0v) is 11.1. The van der Waals surface area contributed by atoms with E-state index in [1.54, 1.807) is 12.8 Å². The summed E-state index contributed by atoms with van der Waals surface area (Å²) in [5.41, 5.74) is 0.798. The van der Waals surface area contributed by atoms with Gasteiger partial charge in [0, 0.05) is 12.6 Å². The van der Waals surface area contributed by atoms with E-state index < -0.39 is 0 Å². The van der Waals surface area contributed by atoms with Gasteiger partial charge in [0.1, 0.15) is 0 Å². The number of hydrogen-bond acceptors (Lipinski definition) is 1. The van der Waals surface area contributed by atoms with Gasteiger partial charge in [-0.3, -0.25) is 0 Å². The first-order valence-electron chi connectivity index (χ1n) is 8.09. The van der Waals surface area contributed by atoms with Crippen LogP contribution in [0.5, 0.6) is 0 Å². The molecule has 4 fully saturated rings. The maximum Gasteiger partial charge on any atom is 0.00700 e. The summed E-state index contributed by atoms with van der Waals surface area (Å²) in [5, 5.41) is 3.96. The Morgan fingerprint density at radius 1 is 0.882 bits per heavy atom. The number of rotatable bonds is 5. The Morgan fingerprint density at radius 3 is 2.35 bits per heavy atom. The topological polar surface area (TPSA) is 12.0 Å². The first-order valence-corrected chi connectivity index (χ1v) is 8.09. The molecule has 4 aliphatic carbocycles. The molecule has 0 radical (unpaired) electrons. The van der Waals surface area contributed by atoms with Crippen LogP contribution in [0.25, 0.3) is 0 Å². The van der Waals surface area contributed by atoms with Crippen LogP contribution in [-0.4, -0.2) is 12.6 Å². The normalized spacial score (nSPS) is 40.2. The smallest absolute Gasteiger partial charge is 0.00700 e. The van der Waals surface area contributed by atoms with Crippen LogP contribution < -0.4 is 5.32 Å². The number of nitrogens with one attached hydrogen (secondary N) is 1. The van der Waals surface area contributed by atoms with E-state index in [2.05, 4.69) is 5.32 Å². The summed E-state index contributed by atoms with van der Waals surface area (Å²) in [6.07, 6.45) is 15.2. The van der Waals surface area contributed by atoms with E-state index in [-0.39, 0.29) is 0 Å². The molecule has 17 heavy (non-hydrogen) atoms. The standard InChI is InChI=1S/C16H27N/c1-2-13(12-4-5-12)10-15(3-1)17-11-16(8-9-16)14-6-7-14/h12-15,17H,1-11H2. The zero-order valence-electron chi connectivity index (χ0n) is 11.1. The van der Waals surface area contributed by atoms with Gasteiger partial charge in [0.05, 0.1) is 0 Å². The molecule has 2 unspecified atom stereocenters. The summed E-state index contributed by atoms with van der Waals surface area (Å²) in [5.74, 6) is 3.35. The fourth-order valence-corrected chi connectivity index (χ4v) is 4.34. The molecule has 0 aromatic carbocycles. The third-order valence-electron chi connectivity index (χ3n) is 6.08.